The number of anilines is 1. The van der Waals surface area contributed by atoms with Crippen molar-refractivity contribution in [1.29, 1.82) is 0 Å². The average molecular weight is 435 g/mol. The van der Waals surface area contributed by atoms with Gasteiger partial charge in [0.2, 0.25) is 5.91 Å². The minimum absolute atomic E-state index is 0.179. The monoisotopic (exact) mass is 434 g/mol. The standard InChI is InChI=1S/C27H34N2O3/c1-3-28(16-13-20-9-4-5-12-25(20)32-2)14-7-6-11-24(30)22-17-21-10-8-15-29-26(31)19-23(18-22)27(21)29/h4-5,9,12,17-18H,3,6-8,10-11,13-16,19H2,1-2H3. The highest BCUT2D eigenvalue weighted by Gasteiger charge is 2.32. The second-order valence-corrected chi connectivity index (χ2v) is 8.85. The fraction of sp³-hybridized carbons (Fsp3) is 0.481. The van der Waals surface area contributed by atoms with Crippen LogP contribution in [0, 0.1) is 0 Å². The number of ketones is 1. The number of hydrogen-bond donors (Lipinski definition) is 0. The van der Waals surface area contributed by atoms with Crippen LogP contribution in [0.5, 0.6) is 5.75 Å². The van der Waals surface area contributed by atoms with Gasteiger partial charge in [-0.3, -0.25) is 9.59 Å². The Morgan fingerprint density at radius 2 is 1.94 bits per heavy atom. The summed E-state index contributed by atoms with van der Waals surface area (Å²) in [5.41, 5.74) is 5.34. The van der Waals surface area contributed by atoms with E-state index in [1.165, 1.54) is 11.1 Å². The Morgan fingerprint density at radius 3 is 2.75 bits per heavy atom. The Morgan fingerprint density at radius 1 is 1.12 bits per heavy atom. The molecular weight excluding hydrogens is 400 g/mol. The average Bonchev–Trinajstić information content (AvgIpc) is 3.15. The van der Waals surface area contributed by atoms with Crippen LogP contribution in [-0.4, -0.2) is 49.9 Å². The van der Waals surface area contributed by atoms with Gasteiger partial charge in [-0.15, -0.1) is 0 Å². The molecule has 32 heavy (non-hydrogen) atoms. The molecule has 1 amide bonds. The molecule has 5 nitrogen and oxygen atoms in total. The zero-order valence-corrected chi connectivity index (χ0v) is 19.4. The highest BCUT2D eigenvalue weighted by Crippen LogP contribution is 2.37. The number of unbranched alkanes of at least 4 members (excludes halogenated alkanes) is 1. The van der Waals surface area contributed by atoms with Crippen molar-refractivity contribution in [3.8, 4) is 5.75 Å². The number of para-hydroxylation sites is 1. The normalized spacial score (nSPS) is 14.7. The van der Waals surface area contributed by atoms with Gasteiger partial charge in [-0.2, -0.15) is 0 Å². The topological polar surface area (TPSA) is 49.9 Å². The van der Waals surface area contributed by atoms with E-state index in [0.29, 0.717) is 12.8 Å². The first-order valence-corrected chi connectivity index (χ1v) is 11.9. The van der Waals surface area contributed by atoms with Gasteiger partial charge in [0.1, 0.15) is 5.75 Å². The van der Waals surface area contributed by atoms with Crippen LogP contribution in [0.3, 0.4) is 0 Å². The highest BCUT2D eigenvalue weighted by atomic mass is 16.5. The number of carbonyl (C=O) groups is 2. The molecule has 5 heteroatoms. The van der Waals surface area contributed by atoms with Crippen LogP contribution in [0.25, 0.3) is 0 Å². The third-order valence-corrected chi connectivity index (χ3v) is 6.80. The molecule has 0 bridgehead atoms. The van der Waals surface area contributed by atoms with Crippen LogP contribution >= 0.6 is 0 Å². The van der Waals surface area contributed by atoms with Gasteiger partial charge in [0.15, 0.2) is 5.78 Å². The predicted octanol–water partition coefficient (Wildman–Crippen LogP) is 4.45. The Bertz CT molecular complexity index is 985. The summed E-state index contributed by atoms with van der Waals surface area (Å²) in [6, 6.07) is 12.2. The van der Waals surface area contributed by atoms with E-state index in [2.05, 4.69) is 24.0 Å². The second-order valence-electron chi connectivity index (χ2n) is 8.85. The van der Waals surface area contributed by atoms with E-state index in [9.17, 15) is 9.59 Å². The van der Waals surface area contributed by atoms with Gasteiger partial charge in [0, 0.05) is 25.1 Å². The molecule has 4 rings (SSSR count). The Balaban J connectivity index is 1.26. The highest BCUT2D eigenvalue weighted by molar-refractivity contribution is 6.05. The van der Waals surface area contributed by atoms with Gasteiger partial charge in [0.25, 0.3) is 0 Å². The number of Topliss-reactive ketones (excluding diaryl/α,β-unsaturated/α-hetero) is 1. The van der Waals surface area contributed by atoms with Crippen LogP contribution < -0.4 is 9.64 Å². The zero-order chi connectivity index (χ0) is 22.5. The third-order valence-electron chi connectivity index (χ3n) is 6.80. The van der Waals surface area contributed by atoms with Crippen molar-refractivity contribution in [2.24, 2.45) is 0 Å². The van der Waals surface area contributed by atoms with E-state index in [4.69, 9.17) is 4.74 Å². The molecule has 0 spiro atoms. The third kappa shape index (κ3) is 4.88. The first kappa shape index (κ1) is 22.5. The summed E-state index contributed by atoms with van der Waals surface area (Å²) in [5, 5.41) is 0. The van der Waals surface area contributed by atoms with Crippen molar-refractivity contribution in [2.45, 2.75) is 51.9 Å². The summed E-state index contributed by atoms with van der Waals surface area (Å²) >= 11 is 0. The molecule has 0 unspecified atom stereocenters. The van der Waals surface area contributed by atoms with Crippen molar-refractivity contribution in [3.63, 3.8) is 0 Å². The van der Waals surface area contributed by atoms with Crippen molar-refractivity contribution < 1.29 is 14.3 Å². The van der Waals surface area contributed by atoms with Crippen molar-refractivity contribution in [3.05, 3.63) is 58.7 Å². The Hall–Kier alpha value is -2.66. The molecule has 0 saturated carbocycles. The summed E-state index contributed by atoms with van der Waals surface area (Å²) < 4.78 is 5.46. The Labute approximate surface area is 191 Å². The minimum atomic E-state index is 0.179. The first-order chi connectivity index (χ1) is 15.6. The fourth-order valence-corrected chi connectivity index (χ4v) is 5.02. The van der Waals surface area contributed by atoms with Gasteiger partial charge in [0.05, 0.1) is 19.2 Å². The minimum Gasteiger partial charge on any atom is -0.496 e. The number of rotatable bonds is 11. The number of amides is 1. The number of likely N-dealkylation sites (N-methyl/N-ethyl adjacent to an activating group) is 1. The van der Waals surface area contributed by atoms with Gasteiger partial charge in [-0.1, -0.05) is 25.1 Å². The molecular formula is C27H34N2O3. The van der Waals surface area contributed by atoms with Crippen molar-refractivity contribution >= 4 is 17.4 Å². The molecule has 0 fully saturated rings. The second kappa shape index (κ2) is 10.3. The number of carbonyl (C=O) groups excluding carboxylic acids is 2. The largest absolute Gasteiger partial charge is 0.496 e. The lowest BCUT2D eigenvalue weighted by atomic mass is 9.94. The summed E-state index contributed by atoms with van der Waals surface area (Å²) in [7, 11) is 1.72. The van der Waals surface area contributed by atoms with E-state index in [0.717, 1.165) is 80.8 Å². The molecule has 0 N–H and O–H groups in total. The van der Waals surface area contributed by atoms with Crippen LogP contribution in [-0.2, 0) is 24.1 Å². The van der Waals surface area contributed by atoms with E-state index in [-0.39, 0.29) is 11.7 Å². The van der Waals surface area contributed by atoms with E-state index >= 15 is 0 Å². The number of methoxy groups -OCH3 is 1. The molecule has 2 aliphatic rings. The fourth-order valence-electron chi connectivity index (χ4n) is 5.02. The van der Waals surface area contributed by atoms with Gasteiger partial charge >= 0.3 is 0 Å². The number of hydrogen-bond acceptors (Lipinski definition) is 4. The number of ether oxygens (including phenoxy) is 1. The first-order valence-electron chi connectivity index (χ1n) is 11.9. The molecule has 0 saturated heterocycles. The number of aryl methyl sites for hydroxylation is 1. The zero-order valence-electron chi connectivity index (χ0n) is 19.4. The maximum atomic E-state index is 12.9. The summed E-state index contributed by atoms with van der Waals surface area (Å²) in [5.74, 6) is 1.34. The number of benzene rings is 2. The van der Waals surface area contributed by atoms with E-state index in [1.807, 2.05) is 29.2 Å². The lowest BCUT2D eigenvalue weighted by Gasteiger charge is -2.25. The summed E-state index contributed by atoms with van der Waals surface area (Å²) in [6.45, 7) is 5.99. The molecule has 0 radical (unpaired) electrons. The summed E-state index contributed by atoms with van der Waals surface area (Å²) in [6.07, 6.45) is 5.82. The van der Waals surface area contributed by atoms with E-state index < -0.39 is 0 Å². The van der Waals surface area contributed by atoms with Crippen molar-refractivity contribution in [1.82, 2.24) is 4.90 Å². The van der Waals surface area contributed by atoms with Gasteiger partial charge in [-0.05, 0) is 80.1 Å². The Kier molecular flexibility index (Phi) is 7.26. The molecule has 2 aromatic carbocycles. The van der Waals surface area contributed by atoms with Gasteiger partial charge in [-0.25, -0.2) is 0 Å². The summed E-state index contributed by atoms with van der Waals surface area (Å²) in [4.78, 5) is 29.5. The van der Waals surface area contributed by atoms with Crippen LogP contribution in [0.1, 0.15) is 59.7 Å². The molecule has 2 heterocycles. The molecule has 0 aromatic heterocycles. The maximum Gasteiger partial charge on any atom is 0.231 e. The van der Waals surface area contributed by atoms with Crippen LogP contribution in [0.4, 0.5) is 5.69 Å². The number of nitrogens with zero attached hydrogens (tertiary/aromatic N) is 2. The van der Waals surface area contributed by atoms with E-state index in [1.54, 1.807) is 7.11 Å². The quantitative estimate of drug-likeness (QED) is 0.387. The predicted molar refractivity (Wildman–Crippen MR) is 128 cm³/mol. The van der Waals surface area contributed by atoms with Crippen molar-refractivity contribution in [2.75, 3.05) is 38.2 Å². The van der Waals surface area contributed by atoms with Gasteiger partial charge < -0.3 is 14.5 Å². The molecule has 170 valence electrons. The molecule has 0 aliphatic carbocycles. The van der Waals surface area contributed by atoms with Crippen LogP contribution in [0.15, 0.2) is 36.4 Å². The molecule has 2 aliphatic heterocycles. The molecule has 2 aromatic rings. The maximum absolute atomic E-state index is 12.9. The lowest BCUT2D eigenvalue weighted by molar-refractivity contribution is -0.117. The lowest BCUT2D eigenvalue weighted by Crippen LogP contribution is -2.31. The SMILES string of the molecule is CCN(CCCCC(=O)c1cc2c3c(c1)CC(=O)N3CCC2)CCc1ccccc1OC. The smallest absolute Gasteiger partial charge is 0.231 e. The van der Waals surface area contributed by atoms with Crippen LogP contribution in [0.2, 0.25) is 0 Å². The molecule has 0 atom stereocenters.